The molecule has 332 valence electrons. The molecule has 0 heterocycles. The van der Waals surface area contributed by atoms with Gasteiger partial charge in [-0.1, -0.05) is 150 Å². The van der Waals surface area contributed by atoms with Gasteiger partial charge >= 0.3 is 11.9 Å². The van der Waals surface area contributed by atoms with E-state index in [2.05, 4.69) is 86.8 Å². The zero-order chi connectivity index (χ0) is 42.8. The summed E-state index contributed by atoms with van der Waals surface area (Å²) in [6.07, 6.45) is 50.5. The second kappa shape index (κ2) is 39.6. The smallest absolute Gasteiger partial charge is 0.306 e. The third kappa shape index (κ3) is 42.8. The van der Waals surface area contributed by atoms with Crippen molar-refractivity contribution in [2.24, 2.45) is 0 Å². The zero-order valence-corrected chi connectivity index (χ0v) is 38.1. The van der Waals surface area contributed by atoms with Gasteiger partial charge in [-0.15, -0.1) is 0 Å². The minimum atomic E-state index is -4.65. The molecule has 0 radical (unpaired) electrons. The minimum Gasteiger partial charge on any atom is -0.756 e. The van der Waals surface area contributed by atoms with E-state index in [0.717, 1.165) is 64.2 Å². The minimum absolute atomic E-state index is 0.0493. The SMILES string of the molecule is CC/C=C\C/C=C\C/C=C\C/C=C\C/C=C\C/C=C\CCC(=O)O[C@H](COC(=O)CCCCCCCCC/C=C\CCCCCC)COP(=O)([O-])OCC[N+](C)(C)C. The molecule has 58 heavy (non-hydrogen) atoms. The van der Waals surface area contributed by atoms with Crippen LogP contribution in [-0.4, -0.2) is 70.0 Å². The fraction of sp³-hybridized carbons (Fsp3) is 0.667. The van der Waals surface area contributed by atoms with Crippen LogP contribution < -0.4 is 4.89 Å². The Labute approximate surface area is 354 Å². The van der Waals surface area contributed by atoms with Gasteiger partial charge in [0.1, 0.15) is 19.8 Å². The van der Waals surface area contributed by atoms with Gasteiger partial charge in [0.15, 0.2) is 6.10 Å². The molecular weight excluding hydrogens is 750 g/mol. The summed E-state index contributed by atoms with van der Waals surface area (Å²) in [5, 5.41) is 0. The number of allylic oxidation sites excluding steroid dienone is 14. The fourth-order valence-electron chi connectivity index (χ4n) is 5.44. The number of carbonyl (C=O) groups is 2. The molecule has 0 saturated heterocycles. The molecule has 1 unspecified atom stereocenters. The number of quaternary nitrogens is 1. The number of phosphoric ester groups is 1. The first-order valence-corrected chi connectivity index (χ1v) is 23.8. The van der Waals surface area contributed by atoms with E-state index in [1.54, 1.807) is 0 Å². The van der Waals surface area contributed by atoms with E-state index in [-0.39, 0.29) is 26.1 Å². The van der Waals surface area contributed by atoms with E-state index >= 15 is 0 Å². The van der Waals surface area contributed by atoms with Gasteiger partial charge in [0, 0.05) is 12.8 Å². The van der Waals surface area contributed by atoms with Crippen molar-refractivity contribution in [1.29, 1.82) is 0 Å². The summed E-state index contributed by atoms with van der Waals surface area (Å²) >= 11 is 0. The number of hydrogen-bond acceptors (Lipinski definition) is 8. The Kier molecular flexibility index (Phi) is 37.7. The standard InChI is InChI=1S/C48H82NO8P/c1-6-8-10-12-14-16-18-20-22-23-24-25-27-29-31-33-35-37-39-41-48(51)57-46(45-56-58(52,53)55-43-42-49(3,4)5)44-54-47(50)40-38-36-34-32-30-28-26-21-19-17-15-13-11-9-7-2/h8,10,14,16-17,19-20,22,24-25,29,31,35,37,46H,6-7,9,11-13,15,18,21,23,26-28,30,32-34,36,38-45H2,1-5H3/b10-8-,16-14-,19-17-,22-20-,25-24-,31-29-,37-35-/t46-/m1/s1. The number of nitrogens with zero attached hydrogens (tertiary/aromatic N) is 1. The molecule has 0 aromatic carbocycles. The number of carbonyl (C=O) groups excluding carboxylic acids is 2. The quantitative estimate of drug-likeness (QED) is 0.0198. The molecule has 0 spiro atoms. The molecular formula is C48H82NO8P. The molecule has 0 aliphatic rings. The predicted molar refractivity (Wildman–Crippen MR) is 240 cm³/mol. The first-order chi connectivity index (χ1) is 28.0. The Bertz CT molecular complexity index is 1260. The molecule has 0 aliphatic heterocycles. The van der Waals surface area contributed by atoms with Crippen LogP contribution in [-0.2, 0) is 32.7 Å². The molecule has 0 bridgehead atoms. The summed E-state index contributed by atoms with van der Waals surface area (Å²) in [4.78, 5) is 37.5. The zero-order valence-electron chi connectivity index (χ0n) is 37.2. The number of ether oxygens (including phenoxy) is 2. The highest BCUT2D eigenvalue weighted by molar-refractivity contribution is 7.45. The van der Waals surface area contributed by atoms with Gasteiger partial charge in [0.2, 0.25) is 0 Å². The van der Waals surface area contributed by atoms with Crippen LogP contribution in [0.5, 0.6) is 0 Å². The molecule has 10 heteroatoms. The van der Waals surface area contributed by atoms with Crippen molar-refractivity contribution in [3.05, 3.63) is 85.1 Å². The van der Waals surface area contributed by atoms with E-state index < -0.39 is 32.5 Å². The van der Waals surface area contributed by atoms with Gasteiger partial charge in [-0.05, 0) is 77.0 Å². The average Bonchev–Trinajstić information content (AvgIpc) is 3.17. The summed E-state index contributed by atoms with van der Waals surface area (Å²) in [5.41, 5.74) is 0. The second-order valence-electron chi connectivity index (χ2n) is 15.7. The van der Waals surface area contributed by atoms with Crippen LogP contribution in [0.25, 0.3) is 0 Å². The monoisotopic (exact) mass is 832 g/mol. The van der Waals surface area contributed by atoms with Gasteiger partial charge in [-0.25, -0.2) is 0 Å². The van der Waals surface area contributed by atoms with Crippen molar-refractivity contribution in [1.82, 2.24) is 0 Å². The Hall–Kier alpha value is -2.81. The molecule has 0 aromatic rings. The number of hydrogen-bond donors (Lipinski definition) is 0. The lowest BCUT2D eigenvalue weighted by Gasteiger charge is -2.28. The largest absolute Gasteiger partial charge is 0.756 e. The van der Waals surface area contributed by atoms with Crippen molar-refractivity contribution < 1.29 is 42.1 Å². The highest BCUT2D eigenvalue weighted by atomic mass is 31.2. The maximum absolute atomic E-state index is 12.6. The number of unbranched alkanes of at least 4 members (excludes halogenated alkanes) is 11. The molecule has 0 N–H and O–H groups in total. The molecule has 0 fully saturated rings. The maximum Gasteiger partial charge on any atom is 0.306 e. The Morgan fingerprint density at radius 2 is 1.02 bits per heavy atom. The summed E-state index contributed by atoms with van der Waals surface area (Å²) in [7, 11) is 1.10. The van der Waals surface area contributed by atoms with E-state index in [1.165, 1.54) is 51.4 Å². The van der Waals surface area contributed by atoms with E-state index in [1.807, 2.05) is 33.3 Å². The van der Waals surface area contributed by atoms with Crippen LogP contribution >= 0.6 is 7.82 Å². The van der Waals surface area contributed by atoms with Gasteiger partial charge in [0.05, 0.1) is 27.7 Å². The normalized spacial score (nSPS) is 14.4. The highest BCUT2D eigenvalue weighted by Crippen LogP contribution is 2.38. The number of rotatable bonds is 39. The molecule has 0 rings (SSSR count). The Morgan fingerprint density at radius 3 is 1.53 bits per heavy atom. The van der Waals surface area contributed by atoms with Crippen molar-refractivity contribution >= 4 is 19.8 Å². The van der Waals surface area contributed by atoms with E-state index in [9.17, 15) is 19.0 Å². The van der Waals surface area contributed by atoms with Gasteiger partial charge in [0.25, 0.3) is 7.82 Å². The van der Waals surface area contributed by atoms with Crippen LogP contribution in [0.3, 0.4) is 0 Å². The number of likely N-dealkylation sites (N-methyl/N-ethyl adjacent to an activating group) is 1. The fourth-order valence-corrected chi connectivity index (χ4v) is 6.17. The Morgan fingerprint density at radius 1 is 0.552 bits per heavy atom. The second-order valence-corrected chi connectivity index (χ2v) is 17.1. The van der Waals surface area contributed by atoms with Gasteiger partial charge < -0.3 is 27.9 Å². The van der Waals surface area contributed by atoms with Crippen LogP contribution in [0.4, 0.5) is 0 Å². The molecule has 0 saturated carbocycles. The summed E-state index contributed by atoms with van der Waals surface area (Å²) in [5.74, 6) is -0.945. The molecule has 0 amide bonds. The lowest BCUT2D eigenvalue weighted by Crippen LogP contribution is -2.37. The van der Waals surface area contributed by atoms with Crippen LogP contribution in [0, 0.1) is 0 Å². The Balaban J connectivity index is 4.51. The molecule has 0 aromatic heterocycles. The van der Waals surface area contributed by atoms with Gasteiger partial charge in [-0.2, -0.15) is 0 Å². The molecule has 2 atom stereocenters. The average molecular weight is 832 g/mol. The van der Waals surface area contributed by atoms with E-state index in [4.69, 9.17) is 18.5 Å². The van der Waals surface area contributed by atoms with Crippen LogP contribution in [0.2, 0.25) is 0 Å². The van der Waals surface area contributed by atoms with Crippen molar-refractivity contribution in [2.45, 2.75) is 161 Å². The maximum atomic E-state index is 12.6. The van der Waals surface area contributed by atoms with Crippen LogP contribution in [0.15, 0.2) is 85.1 Å². The lowest BCUT2D eigenvalue weighted by molar-refractivity contribution is -0.870. The van der Waals surface area contributed by atoms with Crippen molar-refractivity contribution in [3.8, 4) is 0 Å². The first kappa shape index (κ1) is 55.2. The highest BCUT2D eigenvalue weighted by Gasteiger charge is 2.21. The predicted octanol–water partition coefficient (Wildman–Crippen LogP) is 12.2. The summed E-state index contributed by atoms with van der Waals surface area (Å²) < 4.78 is 33.8. The molecule has 0 aliphatic carbocycles. The third-order valence-electron chi connectivity index (χ3n) is 8.91. The summed E-state index contributed by atoms with van der Waals surface area (Å²) in [6.45, 7) is 3.99. The third-order valence-corrected chi connectivity index (χ3v) is 9.88. The van der Waals surface area contributed by atoms with Gasteiger partial charge in [-0.3, -0.25) is 14.2 Å². The van der Waals surface area contributed by atoms with Crippen molar-refractivity contribution in [2.75, 3.05) is 47.5 Å². The molecule has 9 nitrogen and oxygen atoms in total. The number of phosphoric acid groups is 1. The first-order valence-electron chi connectivity index (χ1n) is 22.3. The van der Waals surface area contributed by atoms with Crippen molar-refractivity contribution in [3.63, 3.8) is 0 Å². The van der Waals surface area contributed by atoms with E-state index in [0.29, 0.717) is 23.9 Å². The summed E-state index contributed by atoms with van der Waals surface area (Å²) in [6, 6.07) is 0. The van der Waals surface area contributed by atoms with Crippen LogP contribution in [0.1, 0.15) is 155 Å². The lowest BCUT2D eigenvalue weighted by atomic mass is 10.1. The number of esters is 2. The topological polar surface area (TPSA) is 111 Å².